The minimum atomic E-state index is -0.374. The van der Waals surface area contributed by atoms with E-state index in [0.29, 0.717) is 39.1 Å². The Kier molecular flexibility index (Phi) is 7.66. The zero-order chi connectivity index (χ0) is 25.3. The predicted molar refractivity (Wildman–Crippen MR) is 145 cm³/mol. The smallest absolute Gasteiger partial charge is 0.176 e. The number of rotatable bonds is 6. The SMILES string of the molecule is Cc1nn(Cc2ccc(Cl)c(Cl)c2)c(C)c1NC(=S)Nc1cc(C)n(Cc2ccc(F)cc2Cl)n1. The van der Waals surface area contributed by atoms with E-state index in [1.54, 1.807) is 16.8 Å². The fourth-order valence-electron chi connectivity index (χ4n) is 3.65. The van der Waals surface area contributed by atoms with Crippen LogP contribution in [-0.4, -0.2) is 24.7 Å². The van der Waals surface area contributed by atoms with Crippen LogP contribution in [0.4, 0.5) is 15.9 Å². The summed E-state index contributed by atoms with van der Waals surface area (Å²) in [7, 11) is 0. The zero-order valence-corrected chi connectivity index (χ0v) is 22.2. The summed E-state index contributed by atoms with van der Waals surface area (Å²) in [5, 5.41) is 17.3. The Bertz CT molecular complexity index is 1410. The number of thiocarbonyl (C=S) groups is 1. The Hall–Kier alpha value is -2.65. The van der Waals surface area contributed by atoms with Crippen LogP contribution in [0.5, 0.6) is 0 Å². The summed E-state index contributed by atoms with van der Waals surface area (Å²) < 4.78 is 17.0. The van der Waals surface area contributed by atoms with Crippen molar-refractivity contribution in [3.63, 3.8) is 0 Å². The maximum absolute atomic E-state index is 13.3. The first-order valence-corrected chi connectivity index (χ1v) is 12.2. The van der Waals surface area contributed by atoms with Gasteiger partial charge in [0.25, 0.3) is 0 Å². The van der Waals surface area contributed by atoms with Crippen molar-refractivity contribution in [2.24, 2.45) is 0 Å². The van der Waals surface area contributed by atoms with Crippen molar-refractivity contribution in [1.82, 2.24) is 19.6 Å². The molecule has 0 saturated carbocycles. The van der Waals surface area contributed by atoms with Gasteiger partial charge in [-0.2, -0.15) is 10.2 Å². The summed E-state index contributed by atoms with van der Waals surface area (Å²) in [5.74, 6) is 0.206. The number of halogens is 4. The lowest BCUT2D eigenvalue weighted by Crippen LogP contribution is -2.20. The lowest BCUT2D eigenvalue weighted by molar-refractivity contribution is 0.623. The molecule has 0 aliphatic heterocycles. The average Bonchev–Trinajstić information content (AvgIpc) is 3.25. The summed E-state index contributed by atoms with van der Waals surface area (Å²) in [6, 6.07) is 11.7. The number of nitrogens with zero attached hydrogens (tertiary/aromatic N) is 4. The second-order valence-electron chi connectivity index (χ2n) is 8.10. The van der Waals surface area contributed by atoms with E-state index in [-0.39, 0.29) is 5.82 Å². The maximum atomic E-state index is 13.3. The van der Waals surface area contributed by atoms with E-state index < -0.39 is 0 Å². The van der Waals surface area contributed by atoms with Gasteiger partial charge >= 0.3 is 0 Å². The second-order valence-corrected chi connectivity index (χ2v) is 9.73. The van der Waals surface area contributed by atoms with E-state index in [9.17, 15) is 4.39 Å². The Morgan fingerprint density at radius 3 is 2.37 bits per heavy atom. The van der Waals surface area contributed by atoms with Gasteiger partial charge in [0.1, 0.15) is 5.82 Å². The Morgan fingerprint density at radius 1 is 0.886 bits per heavy atom. The number of aromatic nitrogens is 4. The van der Waals surface area contributed by atoms with Crippen molar-refractivity contribution in [1.29, 1.82) is 0 Å². The molecule has 0 bridgehead atoms. The van der Waals surface area contributed by atoms with Crippen molar-refractivity contribution in [3.05, 3.63) is 91.6 Å². The van der Waals surface area contributed by atoms with Crippen molar-refractivity contribution >= 4 is 63.6 Å². The number of benzene rings is 2. The molecule has 0 aliphatic carbocycles. The van der Waals surface area contributed by atoms with Crippen LogP contribution in [0.25, 0.3) is 0 Å². The molecule has 35 heavy (non-hydrogen) atoms. The fourth-order valence-corrected chi connectivity index (χ4v) is 4.40. The van der Waals surface area contributed by atoms with Gasteiger partial charge in [0.05, 0.1) is 40.2 Å². The highest BCUT2D eigenvalue weighted by Crippen LogP contribution is 2.25. The summed E-state index contributed by atoms with van der Waals surface area (Å²) >= 11 is 23.9. The molecule has 182 valence electrons. The fraction of sp³-hybridized carbons (Fsp3) is 0.208. The van der Waals surface area contributed by atoms with Gasteiger partial charge in [-0.15, -0.1) is 0 Å². The molecule has 0 amide bonds. The normalized spacial score (nSPS) is 11.1. The molecule has 11 heteroatoms. The molecule has 4 rings (SSSR count). The predicted octanol–water partition coefficient (Wildman–Crippen LogP) is 7.01. The standard InChI is InChI=1S/C24H22Cl3FN6S/c1-13-8-22(32-33(13)12-17-5-6-18(28)10-20(17)26)29-24(35)30-23-14(2)31-34(15(23)3)11-16-4-7-19(25)21(27)9-16/h4-10H,11-12H2,1-3H3,(H2,29,30,32,35). The molecule has 0 aliphatic rings. The lowest BCUT2D eigenvalue weighted by Gasteiger charge is -2.10. The highest BCUT2D eigenvalue weighted by Gasteiger charge is 2.15. The van der Waals surface area contributed by atoms with Crippen molar-refractivity contribution in [2.75, 3.05) is 10.6 Å². The maximum Gasteiger partial charge on any atom is 0.176 e. The van der Waals surface area contributed by atoms with Crippen LogP contribution in [0.3, 0.4) is 0 Å². The minimum absolute atomic E-state index is 0.357. The molecule has 2 N–H and O–H groups in total. The van der Waals surface area contributed by atoms with Crippen molar-refractivity contribution in [3.8, 4) is 0 Å². The van der Waals surface area contributed by atoms with E-state index in [1.807, 2.05) is 43.7 Å². The van der Waals surface area contributed by atoms with E-state index in [0.717, 1.165) is 33.9 Å². The van der Waals surface area contributed by atoms with Crippen LogP contribution in [0.1, 0.15) is 28.2 Å². The molecule has 2 heterocycles. The monoisotopic (exact) mass is 550 g/mol. The largest absolute Gasteiger partial charge is 0.329 e. The third-order valence-corrected chi connectivity index (χ3v) is 6.79. The molecule has 4 aromatic rings. The summed E-state index contributed by atoms with van der Waals surface area (Å²) in [6.45, 7) is 6.75. The molecular formula is C24H22Cl3FN6S. The molecule has 0 saturated heterocycles. The Morgan fingerprint density at radius 2 is 1.66 bits per heavy atom. The second kappa shape index (κ2) is 10.5. The molecule has 2 aromatic carbocycles. The van der Waals surface area contributed by atoms with Crippen molar-refractivity contribution in [2.45, 2.75) is 33.9 Å². The van der Waals surface area contributed by atoms with Crippen LogP contribution >= 0.6 is 47.0 Å². The van der Waals surface area contributed by atoms with E-state index >= 15 is 0 Å². The lowest BCUT2D eigenvalue weighted by atomic mass is 10.2. The highest BCUT2D eigenvalue weighted by molar-refractivity contribution is 7.80. The average molecular weight is 552 g/mol. The molecule has 0 fully saturated rings. The van der Waals surface area contributed by atoms with Gasteiger partial charge in [-0.3, -0.25) is 9.36 Å². The third kappa shape index (κ3) is 5.95. The van der Waals surface area contributed by atoms with E-state index in [2.05, 4.69) is 20.8 Å². The number of hydrogen-bond acceptors (Lipinski definition) is 3. The number of nitrogens with one attached hydrogen (secondary N) is 2. The van der Waals surface area contributed by atoms with Gasteiger partial charge in [-0.25, -0.2) is 4.39 Å². The van der Waals surface area contributed by atoms with Gasteiger partial charge in [0, 0.05) is 16.8 Å². The van der Waals surface area contributed by atoms with Gasteiger partial charge in [0.2, 0.25) is 0 Å². The van der Waals surface area contributed by atoms with E-state index in [1.165, 1.54) is 12.1 Å². The molecule has 6 nitrogen and oxygen atoms in total. The van der Waals surface area contributed by atoms with Crippen LogP contribution in [0, 0.1) is 26.6 Å². The molecule has 2 aromatic heterocycles. The van der Waals surface area contributed by atoms with Gasteiger partial charge in [0.15, 0.2) is 10.9 Å². The first-order chi connectivity index (χ1) is 16.6. The topological polar surface area (TPSA) is 59.7 Å². The van der Waals surface area contributed by atoms with Crippen molar-refractivity contribution < 1.29 is 4.39 Å². The minimum Gasteiger partial charge on any atom is -0.329 e. The molecule has 0 radical (unpaired) electrons. The van der Waals surface area contributed by atoms with Crippen LogP contribution in [0.15, 0.2) is 42.5 Å². The molecular weight excluding hydrogens is 530 g/mol. The number of aryl methyl sites for hydroxylation is 2. The van der Waals surface area contributed by atoms with Crippen LogP contribution in [-0.2, 0) is 13.1 Å². The first-order valence-electron chi connectivity index (χ1n) is 10.6. The van der Waals surface area contributed by atoms with Gasteiger partial charge in [-0.1, -0.05) is 46.9 Å². The van der Waals surface area contributed by atoms with Crippen LogP contribution in [0.2, 0.25) is 15.1 Å². The highest BCUT2D eigenvalue weighted by atomic mass is 35.5. The molecule has 0 spiro atoms. The molecule has 0 atom stereocenters. The van der Waals surface area contributed by atoms with E-state index in [4.69, 9.17) is 47.0 Å². The van der Waals surface area contributed by atoms with Gasteiger partial charge < -0.3 is 10.6 Å². The van der Waals surface area contributed by atoms with Gasteiger partial charge in [-0.05, 0) is 68.4 Å². The summed E-state index contributed by atoms with van der Waals surface area (Å²) in [4.78, 5) is 0. The summed E-state index contributed by atoms with van der Waals surface area (Å²) in [6.07, 6.45) is 0. The Balaban J connectivity index is 1.44. The molecule has 0 unspecified atom stereocenters. The summed E-state index contributed by atoms with van der Waals surface area (Å²) in [5.41, 5.74) is 5.20. The number of hydrogen-bond donors (Lipinski definition) is 2. The Labute approximate surface area is 223 Å². The van der Waals surface area contributed by atoms with Crippen LogP contribution < -0.4 is 10.6 Å². The first kappa shape index (κ1) is 25.4. The number of anilines is 2. The third-order valence-electron chi connectivity index (χ3n) is 5.49. The quantitative estimate of drug-likeness (QED) is 0.252. The zero-order valence-electron chi connectivity index (χ0n) is 19.2.